The predicted molar refractivity (Wildman–Crippen MR) is 98.4 cm³/mol. The molecule has 1 aliphatic carbocycles. The van der Waals surface area contributed by atoms with Crippen LogP contribution in [0, 0.1) is 5.92 Å². The molecule has 2 aromatic rings. The van der Waals surface area contributed by atoms with E-state index >= 15 is 0 Å². The molecule has 0 N–H and O–H groups in total. The molecule has 0 amide bonds. The standard InChI is InChI=1S/C22H21NO2/c24-21-22(19-14-8-3-9-15-19,16-17-10-4-1-5-11-17)23-20(25-21)18-12-6-2-7-13-18/h1-2,4-8,10-14,19H,3,9,15-16H2/t19-,22-/m1/s1. The number of carbonyl (C=O) groups is 1. The summed E-state index contributed by atoms with van der Waals surface area (Å²) < 4.78 is 5.67. The number of cyclic esters (lactones) is 1. The van der Waals surface area contributed by atoms with E-state index in [2.05, 4.69) is 24.3 Å². The van der Waals surface area contributed by atoms with Gasteiger partial charge in [0.2, 0.25) is 5.90 Å². The van der Waals surface area contributed by atoms with Crippen molar-refractivity contribution < 1.29 is 9.53 Å². The zero-order valence-corrected chi connectivity index (χ0v) is 14.1. The van der Waals surface area contributed by atoms with Crippen LogP contribution in [0.2, 0.25) is 0 Å². The molecule has 0 saturated carbocycles. The Morgan fingerprint density at radius 1 is 1.04 bits per heavy atom. The Labute approximate surface area is 148 Å². The summed E-state index contributed by atoms with van der Waals surface area (Å²) in [5.41, 5.74) is 1.10. The first-order valence-electron chi connectivity index (χ1n) is 8.86. The van der Waals surface area contributed by atoms with Crippen molar-refractivity contribution in [3.05, 3.63) is 83.9 Å². The number of rotatable bonds is 4. The Morgan fingerprint density at radius 2 is 1.76 bits per heavy atom. The lowest BCUT2D eigenvalue weighted by molar-refractivity contribution is -0.140. The van der Waals surface area contributed by atoms with E-state index in [1.54, 1.807) is 0 Å². The molecule has 25 heavy (non-hydrogen) atoms. The van der Waals surface area contributed by atoms with Crippen LogP contribution in [0.25, 0.3) is 0 Å². The summed E-state index contributed by atoms with van der Waals surface area (Å²) in [4.78, 5) is 17.9. The van der Waals surface area contributed by atoms with Gasteiger partial charge in [-0.15, -0.1) is 0 Å². The maximum absolute atomic E-state index is 13.0. The van der Waals surface area contributed by atoms with Gasteiger partial charge in [0.15, 0.2) is 5.54 Å². The highest BCUT2D eigenvalue weighted by Gasteiger charge is 2.51. The van der Waals surface area contributed by atoms with E-state index < -0.39 is 5.54 Å². The van der Waals surface area contributed by atoms with Gasteiger partial charge < -0.3 is 4.74 Å². The van der Waals surface area contributed by atoms with Gasteiger partial charge in [0.05, 0.1) is 0 Å². The van der Waals surface area contributed by atoms with Crippen LogP contribution in [-0.2, 0) is 16.0 Å². The number of esters is 1. The Balaban J connectivity index is 1.77. The number of hydrogen-bond donors (Lipinski definition) is 0. The van der Waals surface area contributed by atoms with Crippen LogP contribution in [0.1, 0.15) is 30.4 Å². The topological polar surface area (TPSA) is 38.7 Å². The van der Waals surface area contributed by atoms with Gasteiger partial charge in [0, 0.05) is 17.9 Å². The van der Waals surface area contributed by atoms with Crippen LogP contribution in [0.5, 0.6) is 0 Å². The molecule has 0 saturated heterocycles. The fourth-order valence-electron chi connectivity index (χ4n) is 3.72. The van der Waals surface area contributed by atoms with Crippen molar-refractivity contribution in [3.63, 3.8) is 0 Å². The van der Waals surface area contributed by atoms with Crippen molar-refractivity contribution in [2.45, 2.75) is 31.2 Å². The van der Waals surface area contributed by atoms with Crippen LogP contribution >= 0.6 is 0 Å². The summed E-state index contributed by atoms with van der Waals surface area (Å²) in [7, 11) is 0. The molecule has 0 radical (unpaired) electrons. The first-order chi connectivity index (χ1) is 12.3. The Hall–Kier alpha value is -2.68. The molecule has 2 aromatic carbocycles. The molecular formula is C22H21NO2. The van der Waals surface area contributed by atoms with Crippen molar-refractivity contribution in [1.29, 1.82) is 0 Å². The molecule has 2 aliphatic rings. The molecule has 4 rings (SSSR count). The van der Waals surface area contributed by atoms with Gasteiger partial charge in [0.25, 0.3) is 0 Å². The maximum atomic E-state index is 13.0. The lowest BCUT2D eigenvalue weighted by Crippen LogP contribution is -2.44. The highest BCUT2D eigenvalue weighted by atomic mass is 16.6. The van der Waals surface area contributed by atoms with Crippen molar-refractivity contribution >= 4 is 11.9 Å². The summed E-state index contributed by atoms with van der Waals surface area (Å²) >= 11 is 0. The lowest BCUT2D eigenvalue weighted by atomic mass is 9.75. The highest BCUT2D eigenvalue weighted by Crippen LogP contribution is 2.39. The minimum absolute atomic E-state index is 0.0789. The van der Waals surface area contributed by atoms with Crippen LogP contribution in [0.15, 0.2) is 77.8 Å². The van der Waals surface area contributed by atoms with Gasteiger partial charge in [0.1, 0.15) is 0 Å². The fourth-order valence-corrected chi connectivity index (χ4v) is 3.72. The summed E-state index contributed by atoms with van der Waals surface area (Å²) in [6.45, 7) is 0. The van der Waals surface area contributed by atoms with E-state index in [0.29, 0.717) is 12.3 Å². The molecule has 0 bridgehead atoms. The van der Waals surface area contributed by atoms with Crippen molar-refractivity contribution in [1.82, 2.24) is 0 Å². The summed E-state index contributed by atoms with van der Waals surface area (Å²) in [6.07, 6.45) is 8.01. The van der Waals surface area contributed by atoms with Crippen LogP contribution in [0.3, 0.4) is 0 Å². The first-order valence-corrected chi connectivity index (χ1v) is 8.86. The summed E-state index contributed by atoms with van der Waals surface area (Å²) in [6, 6.07) is 19.8. The Bertz CT molecular complexity index is 810. The average Bonchev–Trinajstić information content (AvgIpc) is 3.01. The summed E-state index contributed by atoms with van der Waals surface area (Å²) in [5, 5.41) is 0. The maximum Gasteiger partial charge on any atom is 0.341 e. The quantitative estimate of drug-likeness (QED) is 0.618. The zero-order valence-electron chi connectivity index (χ0n) is 14.1. The molecule has 1 aliphatic heterocycles. The molecule has 1 heterocycles. The van der Waals surface area contributed by atoms with Crippen molar-refractivity contribution in [3.8, 4) is 0 Å². The molecule has 0 spiro atoms. The minimum Gasteiger partial charge on any atom is -0.405 e. The van der Waals surface area contributed by atoms with E-state index in [-0.39, 0.29) is 11.9 Å². The van der Waals surface area contributed by atoms with E-state index in [1.807, 2.05) is 48.5 Å². The third kappa shape index (κ3) is 3.02. The molecule has 3 nitrogen and oxygen atoms in total. The van der Waals surface area contributed by atoms with Crippen molar-refractivity contribution in [2.24, 2.45) is 10.9 Å². The van der Waals surface area contributed by atoms with E-state index in [9.17, 15) is 4.79 Å². The lowest BCUT2D eigenvalue weighted by Gasteiger charge is -2.31. The third-order valence-corrected chi connectivity index (χ3v) is 5.05. The second-order valence-electron chi connectivity index (χ2n) is 6.72. The van der Waals surface area contributed by atoms with Crippen molar-refractivity contribution in [2.75, 3.05) is 0 Å². The summed E-state index contributed by atoms with van der Waals surface area (Å²) in [5.74, 6) is 0.294. The van der Waals surface area contributed by atoms with Gasteiger partial charge in [-0.1, -0.05) is 60.7 Å². The number of ether oxygens (including phenoxy) is 1. The highest BCUT2D eigenvalue weighted by molar-refractivity contribution is 6.08. The minimum atomic E-state index is -0.858. The molecule has 2 atom stereocenters. The van der Waals surface area contributed by atoms with Gasteiger partial charge in [-0.05, 0) is 37.0 Å². The van der Waals surface area contributed by atoms with E-state index in [1.165, 1.54) is 0 Å². The smallest absolute Gasteiger partial charge is 0.341 e. The molecular weight excluding hydrogens is 310 g/mol. The number of benzene rings is 2. The number of hydrogen-bond acceptors (Lipinski definition) is 3. The second-order valence-corrected chi connectivity index (χ2v) is 6.72. The molecule has 126 valence electrons. The number of nitrogens with zero attached hydrogens (tertiary/aromatic N) is 1. The number of allylic oxidation sites excluding steroid dienone is 1. The average molecular weight is 331 g/mol. The molecule has 0 aromatic heterocycles. The molecule has 0 unspecified atom stereocenters. The predicted octanol–water partition coefficient (Wildman–Crippen LogP) is 4.33. The fraction of sp³-hybridized carbons (Fsp3) is 0.273. The Morgan fingerprint density at radius 3 is 2.44 bits per heavy atom. The second kappa shape index (κ2) is 6.67. The van der Waals surface area contributed by atoms with Gasteiger partial charge in [-0.3, -0.25) is 0 Å². The largest absolute Gasteiger partial charge is 0.405 e. The Kier molecular flexibility index (Phi) is 4.22. The van der Waals surface area contributed by atoms with Crippen LogP contribution in [0.4, 0.5) is 0 Å². The van der Waals surface area contributed by atoms with Gasteiger partial charge >= 0.3 is 5.97 Å². The van der Waals surface area contributed by atoms with E-state index in [4.69, 9.17) is 9.73 Å². The van der Waals surface area contributed by atoms with E-state index in [0.717, 1.165) is 30.4 Å². The van der Waals surface area contributed by atoms with Gasteiger partial charge in [-0.2, -0.15) is 0 Å². The van der Waals surface area contributed by atoms with Crippen LogP contribution < -0.4 is 0 Å². The van der Waals surface area contributed by atoms with Gasteiger partial charge in [-0.25, -0.2) is 9.79 Å². The zero-order chi connectivity index (χ0) is 17.1. The number of carbonyl (C=O) groups excluding carboxylic acids is 1. The molecule has 0 fully saturated rings. The normalized spacial score (nSPS) is 25.5. The molecule has 3 heteroatoms. The third-order valence-electron chi connectivity index (χ3n) is 5.05. The number of aliphatic imine (C=N–C) groups is 1. The SMILES string of the molecule is O=C1OC(c2ccccc2)=N[C@]1(Cc1ccccc1)[C@@H]1C=CCCC1. The first kappa shape index (κ1) is 15.8. The monoisotopic (exact) mass is 331 g/mol. The van der Waals surface area contributed by atoms with Crippen LogP contribution in [-0.4, -0.2) is 17.4 Å².